The Labute approximate surface area is 95.1 Å². The van der Waals surface area contributed by atoms with Crippen LogP contribution in [0.3, 0.4) is 0 Å². The van der Waals surface area contributed by atoms with Gasteiger partial charge in [0.1, 0.15) is 5.15 Å². The highest BCUT2D eigenvalue weighted by atomic mass is 35.5. The van der Waals surface area contributed by atoms with E-state index in [9.17, 15) is 9.59 Å². The zero-order chi connectivity index (χ0) is 11.0. The summed E-state index contributed by atoms with van der Waals surface area (Å²) < 4.78 is 4.42. The summed E-state index contributed by atoms with van der Waals surface area (Å²) in [6.45, 7) is 0. The molecule has 1 aliphatic rings. The van der Waals surface area contributed by atoms with Crippen molar-refractivity contribution in [2.75, 3.05) is 0 Å². The van der Waals surface area contributed by atoms with Gasteiger partial charge in [-0.15, -0.1) is 0 Å². The van der Waals surface area contributed by atoms with Crippen molar-refractivity contribution in [3.05, 3.63) is 28.0 Å². The summed E-state index contributed by atoms with van der Waals surface area (Å²) in [7, 11) is 0. The van der Waals surface area contributed by atoms with Gasteiger partial charge in [-0.2, -0.15) is 0 Å². The quantitative estimate of drug-likeness (QED) is 0.431. The first-order valence-corrected chi connectivity index (χ1v) is 4.89. The van der Waals surface area contributed by atoms with Crippen molar-refractivity contribution in [2.45, 2.75) is 12.3 Å². The van der Waals surface area contributed by atoms with Crippen molar-refractivity contribution in [1.29, 1.82) is 0 Å². The van der Waals surface area contributed by atoms with Gasteiger partial charge in [-0.05, 0) is 6.07 Å². The number of nitrogens with zero attached hydrogens (tertiary/aromatic N) is 1. The summed E-state index contributed by atoms with van der Waals surface area (Å²) >= 11 is 11.5. The molecule has 0 radical (unpaired) electrons. The third-order valence-corrected chi connectivity index (χ3v) is 2.63. The van der Waals surface area contributed by atoms with Gasteiger partial charge in [0, 0.05) is 16.8 Å². The number of aromatic nitrogens is 1. The smallest absolute Gasteiger partial charge is 0.321 e. The Morgan fingerprint density at radius 3 is 2.67 bits per heavy atom. The number of pyridine rings is 1. The number of hydrogen-bond donors (Lipinski definition) is 0. The van der Waals surface area contributed by atoms with Crippen molar-refractivity contribution in [3.8, 4) is 0 Å². The maximum Gasteiger partial charge on any atom is 0.321 e. The standard InChI is InChI=1S/C9H5Cl2NO3/c10-6-2-7(11)12-3-5(6)4-1-8(13)15-9(4)14/h2-4H,1H2. The Hall–Kier alpha value is -1.13. The molecule has 1 aliphatic heterocycles. The lowest BCUT2D eigenvalue weighted by Crippen LogP contribution is -2.06. The van der Waals surface area contributed by atoms with Gasteiger partial charge in [0.15, 0.2) is 0 Å². The van der Waals surface area contributed by atoms with Crippen LogP contribution in [0, 0.1) is 0 Å². The van der Waals surface area contributed by atoms with E-state index in [1.165, 1.54) is 12.3 Å². The lowest BCUT2D eigenvalue weighted by molar-refractivity contribution is -0.152. The molecule has 1 aromatic heterocycles. The van der Waals surface area contributed by atoms with E-state index in [1.54, 1.807) is 0 Å². The second kappa shape index (κ2) is 3.79. The molecule has 2 heterocycles. The Bertz CT molecular complexity index is 447. The second-order valence-electron chi connectivity index (χ2n) is 3.08. The molecule has 0 amide bonds. The Morgan fingerprint density at radius 2 is 2.13 bits per heavy atom. The minimum atomic E-state index is -0.658. The van der Waals surface area contributed by atoms with E-state index in [-0.39, 0.29) is 11.6 Å². The summed E-state index contributed by atoms with van der Waals surface area (Å²) in [6.07, 6.45) is 1.39. The van der Waals surface area contributed by atoms with Crippen LogP contribution in [0.15, 0.2) is 12.3 Å². The predicted molar refractivity (Wildman–Crippen MR) is 52.7 cm³/mol. The normalized spacial score (nSPS) is 20.5. The van der Waals surface area contributed by atoms with Crippen LogP contribution in [0.2, 0.25) is 10.2 Å². The van der Waals surface area contributed by atoms with Crippen LogP contribution in [0.1, 0.15) is 17.9 Å². The Kier molecular flexibility index (Phi) is 2.63. The number of carbonyl (C=O) groups is 2. The molecule has 4 nitrogen and oxygen atoms in total. The fraction of sp³-hybridized carbons (Fsp3) is 0.222. The summed E-state index contributed by atoms with van der Waals surface area (Å²) in [6, 6.07) is 1.43. The fourth-order valence-electron chi connectivity index (χ4n) is 1.39. The first-order valence-electron chi connectivity index (χ1n) is 4.13. The highest BCUT2D eigenvalue weighted by Crippen LogP contribution is 2.32. The van der Waals surface area contributed by atoms with Crippen LogP contribution in [-0.4, -0.2) is 16.9 Å². The van der Waals surface area contributed by atoms with Gasteiger partial charge in [-0.3, -0.25) is 9.59 Å². The number of carbonyl (C=O) groups excluding carboxylic acids is 2. The van der Waals surface area contributed by atoms with Crippen LogP contribution in [0.25, 0.3) is 0 Å². The molecule has 0 N–H and O–H groups in total. The molecule has 6 heteroatoms. The average Bonchev–Trinajstić information content (AvgIpc) is 2.45. The van der Waals surface area contributed by atoms with E-state index in [0.29, 0.717) is 10.6 Å². The predicted octanol–water partition coefficient (Wildman–Crippen LogP) is 1.95. The van der Waals surface area contributed by atoms with Crippen LogP contribution >= 0.6 is 23.2 Å². The average molecular weight is 246 g/mol. The molecule has 78 valence electrons. The Morgan fingerprint density at radius 1 is 1.40 bits per heavy atom. The van der Waals surface area contributed by atoms with E-state index < -0.39 is 17.9 Å². The van der Waals surface area contributed by atoms with Crippen molar-refractivity contribution < 1.29 is 14.3 Å². The van der Waals surface area contributed by atoms with Gasteiger partial charge in [0.05, 0.1) is 12.3 Å². The van der Waals surface area contributed by atoms with Gasteiger partial charge in [-0.1, -0.05) is 23.2 Å². The number of cyclic esters (lactones) is 2. The van der Waals surface area contributed by atoms with Crippen LogP contribution < -0.4 is 0 Å². The van der Waals surface area contributed by atoms with Crippen LogP contribution in [0.5, 0.6) is 0 Å². The third-order valence-electron chi connectivity index (χ3n) is 2.09. The van der Waals surface area contributed by atoms with Gasteiger partial charge in [-0.25, -0.2) is 4.98 Å². The number of halogens is 2. The maximum absolute atomic E-state index is 11.3. The summed E-state index contributed by atoms with van der Waals surface area (Å²) in [5.41, 5.74) is 0.469. The van der Waals surface area contributed by atoms with E-state index in [2.05, 4.69) is 9.72 Å². The summed E-state index contributed by atoms with van der Waals surface area (Å²) in [4.78, 5) is 25.9. The number of ether oxygens (including phenoxy) is 1. The minimum absolute atomic E-state index is 0.00185. The van der Waals surface area contributed by atoms with Crippen molar-refractivity contribution in [1.82, 2.24) is 4.98 Å². The van der Waals surface area contributed by atoms with Crippen LogP contribution in [-0.2, 0) is 14.3 Å². The molecule has 2 rings (SSSR count). The molecular formula is C9H5Cl2NO3. The Balaban J connectivity index is 2.38. The maximum atomic E-state index is 11.3. The van der Waals surface area contributed by atoms with Gasteiger partial charge >= 0.3 is 11.9 Å². The largest absolute Gasteiger partial charge is 0.393 e. The van der Waals surface area contributed by atoms with Gasteiger partial charge in [0.2, 0.25) is 0 Å². The lowest BCUT2D eigenvalue weighted by atomic mass is 10.00. The van der Waals surface area contributed by atoms with E-state index in [1.807, 2.05) is 0 Å². The molecule has 15 heavy (non-hydrogen) atoms. The second-order valence-corrected chi connectivity index (χ2v) is 3.87. The highest BCUT2D eigenvalue weighted by molar-refractivity contribution is 6.34. The van der Waals surface area contributed by atoms with E-state index >= 15 is 0 Å². The molecule has 1 atom stereocenters. The summed E-state index contributed by atoms with van der Waals surface area (Å²) in [5, 5.41) is 0.549. The van der Waals surface area contributed by atoms with E-state index in [0.717, 1.165) is 0 Å². The summed E-state index contributed by atoms with van der Waals surface area (Å²) in [5.74, 6) is -1.79. The molecule has 0 bridgehead atoms. The molecular weight excluding hydrogens is 241 g/mol. The van der Waals surface area contributed by atoms with Crippen molar-refractivity contribution >= 4 is 35.1 Å². The SMILES string of the molecule is O=C1CC(c2cnc(Cl)cc2Cl)C(=O)O1. The van der Waals surface area contributed by atoms with Crippen molar-refractivity contribution in [2.24, 2.45) is 0 Å². The first kappa shape index (κ1) is 10.4. The molecule has 1 aromatic rings. The van der Waals surface area contributed by atoms with Crippen LogP contribution in [0.4, 0.5) is 0 Å². The van der Waals surface area contributed by atoms with E-state index in [4.69, 9.17) is 23.2 Å². The number of rotatable bonds is 1. The zero-order valence-electron chi connectivity index (χ0n) is 7.37. The fourth-order valence-corrected chi connectivity index (χ4v) is 1.88. The molecule has 1 saturated heterocycles. The molecule has 1 fully saturated rings. The zero-order valence-corrected chi connectivity index (χ0v) is 8.88. The van der Waals surface area contributed by atoms with Gasteiger partial charge < -0.3 is 4.74 Å². The molecule has 0 aromatic carbocycles. The van der Waals surface area contributed by atoms with Crippen molar-refractivity contribution in [3.63, 3.8) is 0 Å². The molecule has 0 aliphatic carbocycles. The number of hydrogen-bond acceptors (Lipinski definition) is 4. The lowest BCUT2D eigenvalue weighted by Gasteiger charge is -2.06. The third kappa shape index (κ3) is 1.96. The molecule has 1 unspecified atom stereocenters. The van der Waals surface area contributed by atoms with Gasteiger partial charge in [0.25, 0.3) is 0 Å². The monoisotopic (exact) mass is 245 g/mol. The topological polar surface area (TPSA) is 56.3 Å². The molecule has 0 spiro atoms. The first-order chi connectivity index (χ1) is 7.08. The molecule has 0 saturated carbocycles. The highest BCUT2D eigenvalue weighted by Gasteiger charge is 2.36. The number of esters is 2. The minimum Gasteiger partial charge on any atom is -0.393 e.